The SMILES string of the molecule is CCc1nc(NN)cc(Sc2n[nH]c(=O)n2CC)n1. The topological polar surface area (TPSA) is 115 Å². The van der Waals surface area contributed by atoms with Crippen LogP contribution in [0.1, 0.15) is 19.7 Å². The van der Waals surface area contributed by atoms with Gasteiger partial charge in [0.05, 0.1) is 0 Å². The number of aromatic nitrogens is 5. The lowest BCUT2D eigenvalue weighted by molar-refractivity contribution is 0.660. The van der Waals surface area contributed by atoms with E-state index in [0.717, 1.165) is 0 Å². The molecule has 0 aliphatic carbocycles. The van der Waals surface area contributed by atoms with E-state index in [4.69, 9.17) is 5.84 Å². The molecule has 0 spiro atoms. The first-order valence-corrected chi connectivity index (χ1v) is 6.67. The van der Waals surface area contributed by atoms with Crippen molar-refractivity contribution in [1.29, 1.82) is 0 Å². The average Bonchev–Trinajstić information content (AvgIpc) is 2.78. The van der Waals surface area contributed by atoms with Crippen molar-refractivity contribution in [2.45, 2.75) is 37.0 Å². The molecule has 0 bridgehead atoms. The zero-order chi connectivity index (χ0) is 13.8. The number of nitrogen functional groups attached to an aromatic ring is 1. The fraction of sp³-hybridized carbons (Fsp3) is 0.400. The standard InChI is InChI=1S/C10H15N7OS/c1-3-6-12-7(14-11)5-8(13-6)19-10-16-15-9(18)17(10)4-2/h5H,3-4,11H2,1-2H3,(H,15,18)(H,12,13,14). The van der Waals surface area contributed by atoms with Gasteiger partial charge in [-0.2, -0.15) is 0 Å². The Kier molecular flexibility index (Phi) is 4.17. The smallest absolute Gasteiger partial charge is 0.308 e. The third-order valence-corrected chi connectivity index (χ3v) is 3.36. The second kappa shape index (κ2) is 5.85. The van der Waals surface area contributed by atoms with Crippen molar-refractivity contribution in [1.82, 2.24) is 24.7 Å². The van der Waals surface area contributed by atoms with Crippen molar-refractivity contribution >= 4 is 17.6 Å². The van der Waals surface area contributed by atoms with Crippen LogP contribution in [0, 0.1) is 0 Å². The monoisotopic (exact) mass is 281 g/mol. The van der Waals surface area contributed by atoms with Crippen LogP contribution >= 0.6 is 11.8 Å². The molecule has 0 aliphatic rings. The van der Waals surface area contributed by atoms with E-state index in [1.165, 1.54) is 16.3 Å². The molecule has 19 heavy (non-hydrogen) atoms. The Morgan fingerprint density at radius 1 is 1.47 bits per heavy atom. The number of hydrogen-bond acceptors (Lipinski definition) is 7. The van der Waals surface area contributed by atoms with Crippen molar-refractivity contribution in [2.75, 3.05) is 5.43 Å². The quantitative estimate of drug-likeness (QED) is 0.412. The number of hydrogen-bond donors (Lipinski definition) is 3. The first-order chi connectivity index (χ1) is 9.17. The predicted molar refractivity (Wildman–Crippen MR) is 71.9 cm³/mol. The molecule has 0 atom stereocenters. The lowest BCUT2D eigenvalue weighted by Crippen LogP contribution is -2.16. The first kappa shape index (κ1) is 13.6. The molecule has 0 radical (unpaired) electrons. The van der Waals surface area contributed by atoms with Crippen LogP contribution in [0.25, 0.3) is 0 Å². The van der Waals surface area contributed by atoms with E-state index in [0.29, 0.717) is 34.8 Å². The molecule has 2 aromatic rings. The fourth-order valence-electron chi connectivity index (χ4n) is 1.51. The van der Waals surface area contributed by atoms with E-state index in [1.807, 2.05) is 13.8 Å². The summed E-state index contributed by atoms with van der Waals surface area (Å²) in [5, 5.41) is 7.64. The Bertz CT molecular complexity index is 598. The Labute approximate surface area is 113 Å². The summed E-state index contributed by atoms with van der Waals surface area (Å²) in [6.45, 7) is 4.39. The molecule has 4 N–H and O–H groups in total. The van der Waals surface area contributed by atoms with Gasteiger partial charge in [-0.1, -0.05) is 6.92 Å². The van der Waals surface area contributed by atoms with Crippen LogP contribution in [-0.2, 0) is 13.0 Å². The third-order valence-electron chi connectivity index (χ3n) is 2.45. The summed E-state index contributed by atoms with van der Waals surface area (Å²) in [5.74, 6) is 6.59. The molecule has 2 aromatic heterocycles. The molecule has 0 fully saturated rings. The van der Waals surface area contributed by atoms with Gasteiger partial charge in [0.15, 0.2) is 5.16 Å². The molecular weight excluding hydrogens is 266 g/mol. The van der Waals surface area contributed by atoms with Gasteiger partial charge in [-0.3, -0.25) is 4.57 Å². The second-order valence-electron chi connectivity index (χ2n) is 3.66. The van der Waals surface area contributed by atoms with Crippen molar-refractivity contribution in [3.8, 4) is 0 Å². The van der Waals surface area contributed by atoms with Crippen molar-refractivity contribution in [3.63, 3.8) is 0 Å². The van der Waals surface area contributed by atoms with Crippen LogP contribution < -0.4 is 17.0 Å². The van der Waals surface area contributed by atoms with Crippen LogP contribution in [-0.4, -0.2) is 24.7 Å². The zero-order valence-corrected chi connectivity index (χ0v) is 11.5. The third kappa shape index (κ3) is 2.93. The normalized spacial score (nSPS) is 10.7. The molecule has 2 heterocycles. The molecule has 8 nitrogen and oxygen atoms in total. The molecule has 0 aromatic carbocycles. The Hall–Kier alpha value is -1.87. The number of H-pyrrole nitrogens is 1. The number of anilines is 1. The highest BCUT2D eigenvalue weighted by molar-refractivity contribution is 7.99. The number of hydrazine groups is 1. The van der Waals surface area contributed by atoms with Gasteiger partial charge in [-0.05, 0) is 18.7 Å². The van der Waals surface area contributed by atoms with Gasteiger partial charge in [0, 0.05) is 19.0 Å². The fourth-order valence-corrected chi connectivity index (χ4v) is 2.43. The summed E-state index contributed by atoms with van der Waals surface area (Å²) >= 11 is 1.29. The Balaban J connectivity index is 2.34. The number of nitrogens with zero attached hydrogens (tertiary/aromatic N) is 4. The van der Waals surface area contributed by atoms with Gasteiger partial charge in [0.25, 0.3) is 0 Å². The number of aryl methyl sites for hydroxylation is 1. The number of aromatic amines is 1. The van der Waals surface area contributed by atoms with E-state index in [-0.39, 0.29) is 5.69 Å². The summed E-state index contributed by atoms with van der Waals surface area (Å²) in [7, 11) is 0. The lowest BCUT2D eigenvalue weighted by Gasteiger charge is -2.06. The van der Waals surface area contributed by atoms with Crippen LogP contribution in [0.5, 0.6) is 0 Å². The number of nitrogens with two attached hydrogens (primary N) is 1. The summed E-state index contributed by atoms with van der Waals surface area (Å²) in [6.07, 6.45) is 0.699. The van der Waals surface area contributed by atoms with Crippen LogP contribution in [0.2, 0.25) is 0 Å². The van der Waals surface area contributed by atoms with Crippen LogP contribution in [0.3, 0.4) is 0 Å². The maximum absolute atomic E-state index is 11.5. The maximum Gasteiger partial charge on any atom is 0.343 e. The van der Waals surface area contributed by atoms with Gasteiger partial charge < -0.3 is 5.43 Å². The summed E-state index contributed by atoms with van der Waals surface area (Å²) in [4.78, 5) is 20.0. The Morgan fingerprint density at radius 2 is 2.26 bits per heavy atom. The second-order valence-corrected chi connectivity index (χ2v) is 4.65. The summed E-state index contributed by atoms with van der Waals surface area (Å²) in [5.41, 5.74) is 2.27. The molecular formula is C10H15N7OS. The van der Waals surface area contributed by atoms with Crippen LogP contribution in [0.15, 0.2) is 21.0 Å². The molecule has 0 amide bonds. The van der Waals surface area contributed by atoms with Crippen molar-refractivity contribution < 1.29 is 0 Å². The van der Waals surface area contributed by atoms with Crippen LogP contribution in [0.4, 0.5) is 5.82 Å². The Morgan fingerprint density at radius 3 is 2.89 bits per heavy atom. The predicted octanol–water partition coefficient (Wildman–Crippen LogP) is 0.380. The molecule has 0 saturated heterocycles. The van der Waals surface area contributed by atoms with Gasteiger partial charge in [0.1, 0.15) is 16.7 Å². The largest absolute Gasteiger partial charge is 0.343 e. The van der Waals surface area contributed by atoms with Gasteiger partial charge in [0.2, 0.25) is 0 Å². The minimum absolute atomic E-state index is 0.230. The first-order valence-electron chi connectivity index (χ1n) is 5.85. The highest BCUT2D eigenvalue weighted by Gasteiger charge is 2.11. The molecule has 0 unspecified atom stereocenters. The van der Waals surface area contributed by atoms with Gasteiger partial charge >= 0.3 is 5.69 Å². The van der Waals surface area contributed by atoms with Gasteiger partial charge in [-0.15, -0.1) is 5.10 Å². The summed E-state index contributed by atoms with van der Waals surface area (Å²) in [6, 6.07) is 1.71. The maximum atomic E-state index is 11.5. The highest BCUT2D eigenvalue weighted by Crippen LogP contribution is 2.24. The minimum Gasteiger partial charge on any atom is -0.308 e. The van der Waals surface area contributed by atoms with Crippen molar-refractivity contribution in [3.05, 3.63) is 22.4 Å². The average molecular weight is 281 g/mol. The molecule has 102 valence electrons. The van der Waals surface area contributed by atoms with E-state index in [1.54, 1.807) is 6.07 Å². The van der Waals surface area contributed by atoms with E-state index in [2.05, 4.69) is 25.6 Å². The summed E-state index contributed by atoms with van der Waals surface area (Å²) < 4.78 is 1.54. The zero-order valence-electron chi connectivity index (χ0n) is 10.7. The molecule has 0 aliphatic heterocycles. The lowest BCUT2D eigenvalue weighted by atomic mass is 10.4. The van der Waals surface area contributed by atoms with E-state index >= 15 is 0 Å². The van der Waals surface area contributed by atoms with E-state index in [9.17, 15) is 4.79 Å². The minimum atomic E-state index is -0.230. The van der Waals surface area contributed by atoms with Crippen molar-refractivity contribution in [2.24, 2.45) is 5.84 Å². The van der Waals surface area contributed by atoms with E-state index < -0.39 is 0 Å². The molecule has 0 saturated carbocycles. The number of rotatable bonds is 5. The highest BCUT2D eigenvalue weighted by atomic mass is 32.2. The number of nitrogens with one attached hydrogen (secondary N) is 2. The molecule has 9 heteroatoms. The molecule has 2 rings (SSSR count). The van der Waals surface area contributed by atoms with Gasteiger partial charge in [-0.25, -0.2) is 25.7 Å².